The van der Waals surface area contributed by atoms with Crippen molar-refractivity contribution in [3.8, 4) is 0 Å². The third kappa shape index (κ3) is 2.21. The van der Waals surface area contributed by atoms with Crippen molar-refractivity contribution >= 4 is 28.1 Å². The summed E-state index contributed by atoms with van der Waals surface area (Å²) in [5.41, 5.74) is 1.53. The van der Waals surface area contributed by atoms with Crippen LogP contribution in [0, 0.1) is 5.41 Å². The fourth-order valence-corrected chi connectivity index (χ4v) is 3.51. The van der Waals surface area contributed by atoms with Gasteiger partial charge in [0, 0.05) is 18.5 Å². The molecule has 0 spiro atoms. The fraction of sp³-hybridized carbons (Fsp3) is 0.750. The highest BCUT2D eigenvalue weighted by molar-refractivity contribution is 7.13. The second-order valence-corrected chi connectivity index (χ2v) is 5.74. The molecule has 16 heavy (non-hydrogen) atoms. The molecule has 0 saturated carbocycles. The number of rotatable bonds is 4. The monoisotopic (exact) mass is 258 g/mol. The SMILES string of the molecule is CCC1(CC)CCN(c2nc(CCl)cs2)C1. The maximum absolute atomic E-state index is 5.78. The van der Waals surface area contributed by atoms with Gasteiger partial charge in [0.25, 0.3) is 0 Å². The summed E-state index contributed by atoms with van der Waals surface area (Å²) in [6.07, 6.45) is 3.84. The molecule has 0 atom stereocenters. The predicted molar refractivity (Wildman–Crippen MR) is 71.5 cm³/mol. The van der Waals surface area contributed by atoms with E-state index in [0.29, 0.717) is 11.3 Å². The van der Waals surface area contributed by atoms with Crippen LogP contribution in [0.25, 0.3) is 0 Å². The van der Waals surface area contributed by atoms with Crippen LogP contribution in [0.4, 0.5) is 5.13 Å². The molecule has 0 aromatic carbocycles. The van der Waals surface area contributed by atoms with E-state index in [1.54, 1.807) is 11.3 Å². The third-order valence-electron chi connectivity index (χ3n) is 3.89. The van der Waals surface area contributed by atoms with Crippen molar-refractivity contribution in [2.24, 2.45) is 5.41 Å². The van der Waals surface area contributed by atoms with Crippen LogP contribution in [0.2, 0.25) is 0 Å². The molecule has 1 aromatic rings. The first-order chi connectivity index (χ1) is 7.73. The topological polar surface area (TPSA) is 16.1 Å². The van der Waals surface area contributed by atoms with Gasteiger partial charge in [0.2, 0.25) is 0 Å². The zero-order chi connectivity index (χ0) is 11.6. The van der Waals surface area contributed by atoms with Gasteiger partial charge in [0.1, 0.15) is 0 Å². The first kappa shape index (κ1) is 12.2. The van der Waals surface area contributed by atoms with E-state index in [4.69, 9.17) is 11.6 Å². The molecule has 90 valence electrons. The minimum absolute atomic E-state index is 0.521. The Bertz CT molecular complexity index is 347. The second-order valence-electron chi connectivity index (χ2n) is 4.63. The molecular weight excluding hydrogens is 240 g/mol. The van der Waals surface area contributed by atoms with Gasteiger partial charge < -0.3 is 4.90 Å². The minimum Gasteiger partial charge on any atom is -0.348 e. The van der Waals surface area contributed by atoms with Crippen LogP contribution >= 0.6 is 22.9 Å². The molecule has 0 amide bonds. The molecule has 1 fully saturated rings. The minimum atomic E-state index is 0.521. The smallest absolute Gasteiger partial charge is 0.185 e. The number of anilines is 1. The highest BCUT2D eigenvalue weighted by Gasteiger charge is 2.35. The summed E-state index contributed by atoms with van der Waals surface area (Å²) in [6, 6.07) is 0. The summed E-state index contributed by atoms with van der Waals surface area (Å²) in [6.45, 7) is 6.92. The fourth-order valence-electron chi connectivity index (χ4n) is 2.43. The standard InChI is InChI=1S/C12H19ClN2S/c1-3-12(4-2)5-6-15(9-12)11-14-10(7-13)8-16-11/h8H,3-7,9H2,1-2H3. The summed E-state index contributed by atoms with van der Waals surface area (Å²) in [7, 11) is 0. The van der Waals surface area contributed by atoms with Gasteiger partial charge in [-0.2, -0.15) is 0 Å². The van der Waals surface area contributed by atoms with Crippen molar-refractivity contribution in [1.82, 2.24) is 4.98 Å². The van der Waals surface area contributed by atoms with Crippen LogP contribution in [-0.4, -0.2) is 18.1 Å². The molecule has 0 radical (unpaired) electrons. The molecule has 2 heterocycles. The highest BCUT2D eigenvalue weighted by atomic mass is 35.5. The lowest BCUT2D eigenvalue weighted by Crippen LogP contribution is -2.26. The number of nitrogens with zero attached hydrogens (tertiary/aromatic N) is 2. The highest BCUT2D eigenvalue weighted by Crippen LogP contribution is 2.39. The van der Waals surface area contributed by atoms with Crippen molar-refractivity contribution in [1.29, 1.82) is 0 Å². The molecule has 4 heteroatoms. The van der Waals surface area contributed by atoms with Gasteiger partial charge in [-0.25, -0.2) is 4.98 Å². The first-order valence-corrected chi connectivity index (χ1v) is 7.40. The van der Waals surface area contributed by atoms with E-state index < -0.39 is 0 Å². The summed E-state index contributed by atoms with van der Waals surface area (Å²) in [5.74, 6) is 0.525. The summed E-state index contributed by atoms with van der Waals surface area (Å²) >= 11 is 7.51. The van der Waals surface area contributed by atoms with Gasteiger partial charge in [-0.05, 0) is 24.7 Å². The quantitative estimate of drug-likeness (QED) is 0.762. The number of alkyl halides is 1. The molecule has 2 rings (SSSR count). The number of halogens is 1. The molecule has 1 aliphatic rings. The maximum Gasteiger partial charge on any atom is 0.185 e. The van der Waals surface area contributed by atoms with Crippen LogP contribution in [0.5, 0.6) is 0 Å². The number of thiazole rings is 1. The lowest BCUT2D eigenvalue weighted by molar-refractivity contribution is 0.301. The van der Waals surface area contributed by atoms with E-state index in [9.17, 15) is 0 Å². The molecular formula is C12H19ClN2S. The number of hydrogen-bond acceptors (Lipinski definition) is 3. The zero-order valence-corrected chi connectivity index (χ0v) is 11.6. The normalized spacial score (nSPS) is 19.3. The van der Waals surface area contributed by atoms with Crippen LogP contribution in [0.3, 0.4) is 0 Å². The molecule has 1 saturated heterocycles. The van der Waals surface area contributed by atoms with E-state index in [1.165, 1.54) is 19.3 Å². The van der Waals surface area contributed by atoms with E-state index in [1.807, 2.05) is 0 Å². The Labute approximate surface area is 107 Å². The van der Waals surface area contributed by atoms with Crippen LogP contribution in [0.15, 0.2) is 5.38 Å². The van der Waals surface area contributed by atoms with Crippen LogP contribution < -0.4 is 4.90 Å². The lowest BCUT2D eigenvalue weighted by Gasteiger charge is -2.26. The Hall–Kier alpha value is -0.280. The zero-order valence-electron chi connectivity index (χ0n) is 10.0. The van der Waals surface area contributed by atoms with Gasteiger partial charge >= 0.3 is 0 Å². The van der Waals surface area contributed by atoms with Crippen LogP contribution in [0.1, 0.15) is 38.8 Å². The van der Waals surface area contributed by atoms with E-state index >= 15 is 0 Å². The van der Waals surface area contributed by atoms with Crippen molar-refractivity contribution in [3.05, 3.63) is 11.1 Å². The average molecular weight is 259 g/mol. The molecule has 1 aromatic heterocycles. The van der Waals surface area contributed by atoms with Gasteiger partial charge in [-0.15, -0.1) is 22.9 Å². The van der Waals surface area contributed by atoms with Gasteiger partial charge in [-0.3, -0.25) is 0 Å². The third-order valence-corrected chi connectivity index (χ3v) is 5.11. The Morgan fingerprint density at radius 2 is 2.25 bits per heavy atom. The molecule has 0 bridgehead atoms. The molecule has 2 nitrogen and oxygen atoms in total. The maximum atomic E-state index is 5.78. The summed E-state index contributed by atoms with van der Waals surface area (Å²) < 4.78 is 0. The van der Waals surface area contributed by atoms with Crippen molar-refractivity contribution in [3.63, 3.8) is 0 Å². The summed E-state index contributed by atoms with van der Waals surface area (Å²) in [5, 5.41) is 3.22. The Morgan fingerprint density at radius 1 is 1.50 bits per heavy atom. The van der Waals surface area contributed by atoms with Gasteiger partial charge in [0.15, 0.2) is 5.13 Å². The average Bonchev–Trinajstić information content (AvgIpc) is 2.96. The summed E-state index contributed by atoms with van der Waals surface area (Å²) in [4.78, 5) is 6.98. The first-order valence-electron chi connectivity index (χ1n) is 5.98. The van der Waals surface area contributed by atoms with Crippen molar-refractivity contribution in [2.45, 2.75) is 39.0 Å². The molecule has 0 unspecified atom stereocenters. The van der Waals surface area contributed by atoms with Crippen molar-refractivity contribution in [2.75, 3.05) is 18.0 Å². The lowest BCUT2D eigenvalue weighted by atomic mass is 9.82. The van der Waals surface area contributed by atoms with E-state index in [2.05, 4.69) is 29.1 Å². The Morgan fingerprint density at radius 3 is 2.75 bits per heavy atom. The molecule has 0 N–H and O–H groups in total. The Balaban J connectivity index is 2.08. The van der Waals surface area contributed by atoms with Crippen molar-refractivity contribution < 1.29 is 0 Å². The second kappa shape index (κ2) is 4.92. The van der Waals surface area contributed by atoms with Crippen LogP contribution in [-0.2, 0) is 5.88 Å². The van der Waals surface area contributed by atoms with Gasteiger partial charge in [-0.1, -0.05) is 13.8 Å². The van der Waals surface area contributed by atoms with E-state index in [0.717, 1.165) is 23.9 Å². The Kier molecular flexibility index (Phi) is 3.75. The number of aromatic nitrogens is 1. The predicted octanol–water partition coefficient (Wildman–Crippen LogP) is 3.90. The van der Waals surface area contributed by atoms with Gasteiger partial charge in [0.05, 0.1) is 11.6 Å². The number of hydrogen-bond donors (Lipinski definition) is 0. The largest absolute Gasteiger partial charge is 0.348 e. The molecule has 0 aliphatic carbocycles. The van der Waals surface area contributed by atoms with E-state index in [-0.39, 0.29) is 0 Å². The molecule has 1 aliphatic heterocycles.